The van der Waals surface area contributed by atoms with Gasteiger partial charge in [-0.1, -0.05) is 0 Å². The minimum absolute atomic E-state index is 0.232. The quantitative estimate of drug-likeness (QED) is 0.607. The summed E-state index contributed by atoms with van der Waals surface area (Å²) >= 11 is -0.232. The van der Waals surface area contributed by atoms with Crippen molar-refractivity contribution in [3.05, 3.63) is 60.8 Å². The van der Waals surface area contributed by atoms with Gasteiger partial charge in [-0.25, -0.2) is 0 Å². The van der Waals surface area contributed by atoms with Crippen LogP contribution in [0, 0.1) is 0 Å². The third kappa shape index (κ3) is 1.71. The van der Waals surface area contributed by atoms with Crippen molar-refractivity contribution in [3.8, 4) is 5.69 Å². The van der Waals surface area contributed by atoms with Crippen molar-refractivity contribution in [3.63, 3.8) is 0 Å². The fraction of sp³-hybridized carbons (Fsp3) is 0. The van der Waals surface area contributed by atoms with Gasteiger partial charge >= 0.3 is 98.8 Å². The Balaban J connectivity index is 2.21. The van der Waals surface area contributed by atoms with Gasteiger partial charge in [0.25, 0.3) is 0 Å². The summed E-state index contributed by atoms with van der Waals surface area (Å²) in [5.41, 5.74) is 1.32. The van der Waals surface area contributed by atoms with Crippen LogP contribution in [0.4, 0.5) is 0 Å². The summed E-state index contributed by atoms with van der Waals surface area (Å²) in [5.74, 6) is 0. The first-order valence-corrected chi connectivity index (χ1v) is 7.10. The fourth-order valence-electron chi connectivity index (χ4n) is 1.63. The van der Waals surface area contributed by atoms with Crippen molar-refractivity contribution in [1.82, 2.24) is 0 Å². The van der Waals surface area contributed by atoms with Crippen LogP contribution in [0.3, 0.4) is 0 Å². The van der Waals surface area contributed by atoms with Crippen molar-refractivity contribution in [2.45, 2.75) is 0 Å². The molecule has 0 aliphatic heterocycles. The van der Waals surface area contributed by atoms with Crippen LogP contribution in [0.1, 0.15) is 0 Å². The van der Waals surface area contributed by atoms with Crippen molar-refractivity contribution in [2.24, 2.45) is 0 Å². The van der Waals surface area contributed by atoms with Gasteiger partial charge in [0.05, 0.1) is 0 Å². The third-order valence-corrected chi connectivity index (χ3v) is 5.47. The van der Waals surface area contributed by atoms with E-state index in [1.54, 1.807) is 0 Å². The Bertz CT molecular complexity index is 551. The molecule has 3 rings (SSSR count). The SMILES string of the molecule is c1ccc(-[n+]2cc3ccccc3[te]2)cc1. The number of nitrogens with zero attached hydrogens (tertiary/aromatic N) is 1. The zero-order valence-corrected chi connectivity index (χ0v) is 10.5. The molecule has 3 aromatic rings. The first-order chi connectivity index (χ1) is 7.43. The second kappa shape index (κ2) is 3.81. The average Bonchev–Trinajstić information content (AvgIpc) is 2.74. The molecular formula is C13H10NTe+. The van der Waals surface area contributed by atoms with E-state index in [1.165, 1.54) is 14.5 Å². The first kappa shape index (κ1) is 9.15. The molecular weight excluding hydrogens is 298 g/mol. The average molecular weight is 308 g/mol. The molecule has 0 aliphatic rings. The van der Waals surface area contributed by atoms with Gasteiger partial charge in [-0.2, -0.15) is 0 Å². The molecule has 1 nitrogen and oxygen atoms in total. The molecule has 0 aliphatic carbocycles. The number of hydrogen-bond acceptors (Lipinski definition) is 0. The summed E-state index contributed by atoms with van der Waals surface area (Å²) in [5, 5.41) is 1.39. The van der Waals surface area contributed by atoms with E-state index in [2.05, 4.69) is 63.6 Å². The predicted molar refractivity (Wildman–Crippen MR) is 62.4 cm³/mol. The van der Waals surface area contributed by atoms with Crippen LogP contribution in [0.2, 0.25) is 0 Å². The summed E-state index contributed by atoms with van der Waals surface area (Å²) in [6.07, 6.45) is 2.27. The molecule has 2 heteroatoms. The van der Waals surface area contributed by atoms with Crippen LogP contribution in [-0.2, 0) is 0 Å². The van der Waals surface area contributed by atoms with Crippen LogP contribution in [0.25, 0.3) is 14.5 Å². The van der Waals surface area contributed by atoms with Gasteiger partial charge in [-0.15, -0.1) is 0 Å². The molecule has 15 heavy (non-hydrogen) atoms. The molecule has 1 aromatic heterocycles. The Labute approximate surface area is 98.6 Å². The van der Waals surface area contributed by atoms with Crippen LogP contribution in [0.5, 0.6) is 0 Å². The predicted octanol–water partition coefficient (Wildman–Crippen LogP) is 2.17. The third-order valence-electron chi connectivity index (χ3n) is 2.38. The van der Waals surface area contributed by atoms with Gasteiger partial charge in [0, 0.05) is 0 Å². The van der Waals surface area contributed by atoms with Crippen LogP contribution < -0.4 is 2.79 Å². The standard InChI is InChI=1S/C13H10NTe/c1-2-7-12(8-3-1)14-10-11-6-4-5-9-13(11)15-14/h1-10H/q+1. The van der Waals surface area contributed by atoms with Crippen LogP contribution >= 0.6 is 0 Å². The molecule has 0 atom stereocenters. The molecule has 0 fully saturated rings. The molecule has 0 spiro atoms. The van der Waals surface area contributed by atoms with Crippen molar-refractivity contribution in [2.75, 3.05) is 0 Å². The molecule has 0 bridgehead atoms. The maximum absolute atomic E-state index is 2.41. The van der Waals surface area contributed by atoms with Crippen LogP contribution in [0.15, 0.2) is 60.8 Å². The number of aromatic nitrogens is 1. The Morgan fingerprint density at radius 1 is 0.800 bits per heavy atom. The number of hydrogen-bond donors (Lipinski definition) is 0. The van der Waals surface area contributed by atoms with E-state index >= 15 is 0 Å². The monoisotopic (exact) mass is 310 g/mol. The minimum atomic E-state index is -0.232. The molecule has 1 heterocycles. The molecule has 0 radical (unpaired) electrons. The van der Waals surface area contributed by atoms with E-state index in [9.17, 15) is 0 Å². The van der Waals surface area contributed by atoms with Gasteiger partial charge in [-0.05, 0) is 0 Å². The fourth-order valence-corrected chi connectivity index (χ4v) is 4.40. The molecule has 0 saturated heterocycles. The number of fused-ring (bicyclic) bond motifs is 1. The summed E-state index contributed by atoms with van der Waals surface area (Å²) in [4.78, 5) is 0. The van der Waals surface area contributed by atoms with E-state index in [0.717, 1.165) is 0 Å². The Hall–Kier alpha value is -1.10. The summed E-state index contributed by atoms with van der Waals surface area (Å²) in [6.45, 7) is 0. The van der Waals surface area contributed by atoms with Crippen molar-refractivity contribution >= 4 is 29.5 Å². The zero-order chi connectivity index (χ0) is 10.1. The van der Waals surface area contributed by atoms with Gasteiger partial charge in [0.15, 0.2) is 0 Å². The molecule has 0 N–H and O–H groups in total. The van der Waals surface area contributed by atoms with Gasteiger partial charge in [-0.3, -0.25) is 0 Å². The Morgan fingerprint density at radius 3 is 2.33 bits per heavy atom. The molecule has 0 amide bonds. The molecule has 72 valence electrons. The van der Waals surface area contributed by atoms with Gasteiger partial charge < -0.3 is 0 Å². The second-order valence-electron chi connectivity index (χ2n) is 3.42. The Morgan fingerprint density at radius 2 is 1.53 bits per heavy atom. The zero-order valence-electron chi connectivity index (χ0n) is 8.13. The van der Waals surface area contributed by atoms with Gasteiger partial charge in [0.1, 0.15) is 0 Å². The van der Waals surface area contributed by atoms with Crippen molar-refractivity contribution < 1.29 is 2.79 Å². The summed E-state index contributed by atoms with van der Waals surface area (Å²) in [7, 11) is 0. The van der Waals surface area contributed by atoms with Gasteiger partial charge in [0.2, 0.25) is 0 Å². The molecule has 0 unspecified atom stereocenters. The normalized spacial score (nSPS) is 10.7. The summed E-state index contributed by atoms with van der Waals surface area (Å²) in [6, 6.07) is 19.3. The van der Waals surface area contributed by atoms with E-state index < -0.39 is 0 Å². The molecule has 0 saturated carbocycles. The maximum atomic E-state index is 2.41. The number of para-hydroxylation sites is 1. The van der Waals surface area contributed by atoms with E-state index in [1.807, 2.05) is 0 Å². The second-order valence-corrected chi connectivity index (χ2v) is 6.32. The van der Waals surface area contributed by atoms with E-state index in [4.69, 9.17) is 0 Å². The topological polar surface area (TPSA) is 3.88 Å². The van der Waals surface area contributed by atoms with Crippen LogP contribution in [-0.4, -0.2) is 20.7 Å². The van der Waals surface area contributed by atoms with E-state index in [0.29, 0.717) is 0 Å². The Kier molecular flexibility index (Phi) is 2.32. The molecule has 2 aromatic carbocycles. The number of benzene rings is 2. The first-order valence-electron chi connectivity index (χ1n) is 4.90. The summed E-state index contributed by atoms with van der Waals surface area (Å²) < 4.78 is 3.95. The van der Waals surface area contributed by atoms with Crippen molar-refractivity contribution in [1.29, 1.82) is 0 Å². The number of rotatable bonds is 1. The van der Waals surface area contributed by atoms with E-state index in [-0.39, 0.29) is 20.7 Å².